The van der Waals surface area contributed by atoms with Gasteiger partial charge < -0.3 is 4.57 Å². The summed E-state index contributed by atoms with van der Waals surface area (Å²) >= 11 is 13.4. The van der Waals surface area contributed by atoms with Crippen molar-refractivity contribution >= 4 is 57.7 Å². The Morgan fingerprint density at radius 3 is 2.67 bits per heavy atom. The number of carbonyl (C=O) groups is 2. The van der Waals surface area contributed by atoms with E-state index in [1.165, 1.54) is 11.8 Å². The van der Waals surface area contributed by atoms with Gasteiger partial charge in [0.15, 0.2) is 0 Å². The fourth-order valence-electron chi connectivity index (χ4n) is 2.64. The quantitative estimate of drug-likeness (QED) is 0.607. The highest BCUT2D eigenvalue weighted by Crippen LogP contribution is 2.24. The third-order valence-electron chi connectivity index (χ3n) is 3.96. The van der Waals surface area contributed by atoms with Crippen LogP contribution in [0.4, 0.5) is 0 Å². The molecular formula is C19H17Cl2N3O2S. The molecule has 5 nitrogen and oxygen atoms in total. The lowest BCUT2D eigenvalue weighted by Crippen LogP contribution is -2.42. The van der Waals surface area contributed by atoms with Gasteiger partial charge in [0.05, 0.1) is 11.3 Å². The Morgan fingerprint density at radius 1 is 1.11 bits per heavy atom. The largest absolute Gasteiger partial charge is 0.350 e. The first-order chi connectivity index (χ1) is 13.0. The first-order valence-electron chi connectivity index (χ1n) is 8.10. The van der Waals surface area contributed by atoms with Gasteiger partial charge in [-0.15, -0.1) is 11.8 Å². The van der Waals surface area contributed by atoms with Gasteiger partial charge in [-0.3, -0.25) is 20.4 Å². The van der Waals surface area contributed by atoms with Gasteiger partial charge in [-0.05, 0) is 23.8 Å². The van der Waals surface area contributed by atoms with Crippen molar-refractivity contribution in [3.63, 3.8) is 0 Å². The molecule has 140 valence electrons. The van der Waals surface area contributed by atoms with Gasteiger partial charge in [0.2, 0.25) is 5.91 Å². The number of halogens is 2. The molecule has 27 heavy (non-hydrogen) atoms. The molecule has 2 amide bonds. The van der Waals surface area contributed by atoms with Crippen LogP contribution < -0.4 is 10.9 Å². The first kappa shape index (κ1) is 19.6. The Bertz CT molecular complexity index is 1000. The first-order valence-corrected chi connectivity index (χ1v) is 10.0. The molecule has 0 aliphatic carbocycles. The Kier molecular flexibility index (Phi) is 6.31. The summed E-state index contributed by atoms with van der Waals surface area (Å²) in [5.41, 5.74) is 7.26. The van der Waals surface area contributed by atoms with Gasteiger partial charge in [0, 0.05) is 39.9 Å². The Labute approximate surface area is 171 Å². The van der Waals surface area contributed by atoms with Gasteiger partial charge in [-0.25, -0.2) is 0 Å². The number of hydrogen-bond donors (Lipinski definition) is 2. The number of hydrogen-bond acceptors (Lipinski definition) is 3. The van der Waals surface area contributed by atoms with Gasteiger partial charge in [0.25, 0.3) is 5.91 Å². The smallest absolute Gasteiger partial charge is 0.271 e. The Balaban J connectivity index is 1.50. The molecule has 0 radical (unpaired) electrons. The zero-order chi connectivity index (χ0) is 19.4. The highest BCUT2D eigenvalue weighted by molar-refractivity contribution is 7.99. The van der Waals surface area contributed by atoms with E-state index < -0.39 is 0 Å². The number of fused-ring (bicyclic) bond motifs is 1. The van der Waals surface area contributed by atoms with Crippen LogP contribution in [0.25, 0.3) is 10.9 Å². The molecule has 3 aromatic rings. The fourth-order valence-corrected chi connectivity index (χ4v) is 4.03. The second kappa shape index (κ2) is 8.69. The summed E-state index contributed by atoms with van der Waals surface area (Å²) in [6.07, 6.45) is 1.74. The van der Waals surface area contributed by atoms with Gasteiger partial charge in [-0.2, -0.15) is 0 Å². The lowest BCUT2D eigenvalue weighted by molar-refractivity contribution is -0.119. The Hall–Kier alpha value is -2.15. The number of nitrogens with one attached hydrogen (secondary N) is 2. The van der Waals surface area contributed by atoms with Crippen molar-refractivity contribution in [3.05, 3.63) is 69.8 Å². The van der Waals surface area contributed by atoms with Crippen molar-refractivity contribution in [1.29, 1.82) is 0 Å². The highest BCUT2D eigenvalue weighted by Gasteiger charge is 2.14. The van der Waals surface area contributed by atoms with E-state index in [0.717, 1.165) is 16.5 Å². The van der Waals surface area contributed by atoms with Crippen molar-refractivity contribution in [2.45, 2.75) is 5.75 Å². The zero-order valence-corrected chi connectivity index (χ0v) is 16.8. The lowest BCUT2D eigenvalue weighted by Gasteiger charge is -2.07. The molecule has 0 saturated heterocycles. The summed E-state index contributed by atoms with van der Waals surface area (Å²) in [7, 11) is 1.87. The second-order valence-corrected chi connectivity index (χ2v) is 7.73. The number of nitrogens with zero attached hydrogens (tertiary/aromatic N) is 1. The molecule has 2 aromatic carbocycles. The minimum absolute atomic E-state index is 0.189. The van der Waals surface area contributed by atoms with Crippen LogP contribution in [0, 0.1) is 0 Å². The lowest BCUT2D eigenvalue weighted by atomic mass is 10.2. The van der Waals surface area contributed by atoms with Crippen LogP contribution in [0.2, 0.25) is 10.0 Å². The van der Waals surface area contributed by atoms with Crippen molar-refractivity contribution < 1.29 is 9.59 Å². The minimum atomic E-state index is -0.356. The third kappa shape index (κ3) is 4.77. The van der Waals surface area contributed by atoms with E-state index in [1.54, 1.807) is 18.3 Å². The van der Waals surface area contributed by atoms with Crippen LogP contribution in [0.5, 0.6) is 0 Å². The molecule has 0 spiro atoms. The zero-order valence-electron chi connectivity index (χ0n) is 14.5. The van der Waals surface area contributed by atoms with E-state index in [1.807, 2.05) is 41.9 Å². The van der Waals surface area contributed by atoms with Crippen LogP contribution in [-0.2, 0) is 17.6 Å². The minimum Gasteiger partial charge on any atom is -0.350 e. The normalized spacial score (nSPS) is 10.8. The number of thioether (sulfide) groups is 1. The average molecular weight is 422 g/mol. The Morgan fingerprint density at radius 2 is 1.89 bits per heavy atom. The number of aryl methyl sites for hydroxylation is 1. The molecule has 3 rings (SSSR count). The van der Waals surface area contributed by atoms with E-state index >= 15 is 0 Å². The summed E-state index contributed by atoms with van der Waals surface area (Å²) in [6, 6.07) is 12.8. The van der Waals surface area contributed by atoms with Crippen LogP contribution in [0.1, 0.15) is 15.9 Å². The molecular weight excluding hydrogens is 405 g/mol. The standard InChI is InChI=1S/C19H17Cl2N3O2S/c1-24-9-15(14-4-2-3-5-17(14)24)19(26)23-22-18(25)11-27-10-12-6-7-13(20)8-16(12)21/h2-9H,10-11H2,1H3,(H,22,25)(H,23,26). The van der Waals surface area contributed by atoms with E-state index in [2.05, 4.69) is 10.9 Å². The average Bonchev–Trinajstić information content (AvgIpc) is 2.99. The summed E-state index contributed by atoms with van der Waals surface area (Å²) in [6.45, 7) is 0. The third-order valence-corrected chi connectivity index (χ3v) is 5.53. The number of aromatic nitrogens is 1. The SMILES string of the molecule is Cn1cc(C(=O)NNC(=O)CSCc2ccc(Cl)cc2Cl)c2ccccc21. The highest BCUT2D eigenvalue weighted by atomic mass is 35.5. The molecule has 0 aliphatic rings. The van der Waals surface area contributed by atoms with Crippen LogP contribution >= 0.6 is 35.0 Å². The van der Waals surface area contributed by atoms with Gasteiger partial charge >= 0.3 is 0 Å². The van der Waals surface area contributed by atoms with Crippen molar-refractivity contribution in [1.82, 2.24) is 15.4 Å². The molecule has 1 aromatic heterocycles. The molecule has 0 atom stereocenters. The predicted molar refractivity (Wildman–Crippen MR) is 111 cm³/mol. The summed E-state index contributed by atoms with van der Waals surface area (Å²) in [5, 5.41) is 1.97. The van der Waals surface area contributed by atoms with Crippen molar-refractivity contribution in [3.8, 4) is 0 Å². The van der Waals surface area contributed by atoms with E-state index in [4.69, 9.17) is 23.2 Å². The molecule has 0 saturated carbocycles. The van der Waals surface area contributed by atoms with Crippen LogP contribution in [0.15, 0.2) is 48.7 Å². The number of carbonyl (C=O) groups excluding carboxylic acids is 2. The maximum Gasteiger partial charge on any atom is 0.271 e. The number of amides is 2. The summed E-state index contributed by atoms with van der Waals surface area (Å²) in [5.74, 6) is 0.111. The predicted octanol–water partition coefficient (Wildman–Crippen LogP) is 4.18. The fraction of sp³-hybridized carbons (Fsp3) is 0.158. The van der Waals surface area contributed by atoms with E-state index in [0.29, 0.717) is 21.4 Å². The van der Waals surface area contributed by atoms with E-state index in [-0.39, 0.29) is 17.6 Å². The molecule has 2 N–H and O–H groups in total. The maximum absolute atomic E-state index is 12.4. The van der Waals surface area contributed by atoms with E-state index in [9.17, 15) is 9.59 Å². The molecule has 0 aliphatic heterocycles. The molecule has 0 bridgehead atoms. The van der Waals surface area contributed by atoms with Crippen molar-refractivity contribution in [2.24, 2.45) is 7.05 Å². The van der Waals surface area contributed by atoms with Crippen LogP contribution in [-0.4, -0.2) is 22.1 Å². The van der Waals surface area contributed by atoms with Crippen LogP contribution in [0.3, 0.4) is 0 Å². The maximum atomic E-state index is 12.4. The number of rotatable bonds is 5. The second-order valence-electron chi connectivity index (χ2n) is 5.90. The summed E-state index contributed by atoms with van der Waals surface area (Å²) < 4.78 is 1.87. The topological polar surface area (TPSA) is 63.1 Å². The molecule has 0 unspecified atom stereocenters. The molecule has 8 heteroatoms. The number of benzene rings is 2. The monoisotopic (exact) mass is 421 g/mol. The number of hydrazine groups is 1. The molecule has 0 fully saturated rings. The van der Waals surface area contributed by atoms with Gasteiger partial charge in [0.1, 0.15) is 0 Å². The van der Waals surface area contributed by atoms with Gasteiger partial charge in [-0.1, -0.05) is 47.5 Å². The number of para-hydroxylation sites is 1. The summed E-state index contributed by atoms with van der Waals surface area (Å²) in [4.78, 5) is 24.3. The van der Waals surface area contributed by atoms with Crippen molar-refractivity contribution in [2.75, 3.05) is 5.75 Å². The molecule has 1 heterocycles.